The van der Waals surface area contributed by atoms with Crippen LogP contribution >= 0.6 is 0 Å². The lowest BCUT2D eigenvalue weighted by atomic mass is 10.1. The number of pyridine rings is 1. The zero-order valence-corrected chi connectivity index (χ0v) is 13.6. The van der Waals surface area contributed by atoms with Crippen LogP contribution in [0.2, 0.25) is 0 Å². The zero-order valence-electron chi connectivity index (χ0n) is 13.6. The van der Waals surface area contributed by atoms with Crippen LogP contribution in [0.1, 0.15) is 23.7 Å². The molecule has 2 aromatic heterocycles. The summed E-state index contributed by atoms with van der Waals surface area (Å²) >= 11 is 0. The number of rotatable bonds is 3. The van der Waals surface area contributed by atoms with Crippen LogP contribution < -0.4 is 10.5 Å². The van der Waals surface area contributed by atoms with Gasteiger partial charge in [-0.25, -0.2) is 0 Å². The summed E-state index contributed by atoms with van der Waals surface area (Å²) in [5, 5.41) is 3.98. The third kappa shape index (κ3) is 2.84. The van der Waals surface area contributed by atoms with Crippen molar-refractivity contribution < 1.29 is 9.32 Å². The molecular formula is C18H16N4O3. The Hall–Kier alpha value is -3.22. The van der Waals surface area contributed by atoms with Crippen molar-refractivity contribution in [2.75, 3.05) is 11.4 Å². The number of aromatic amines is 1. The number of aryl methyl sites for hydroxylation is 1. The average molecular weight is 336 g/mol. The molecule has 3 aromatic rings. The van der Waals surface area contributed by atoms with Gasteiger partial charge >= 0.3 is 0 Å². The van der Waals surface area contributed by atoms with Crippen LogP contribution in [0.5, 0.6) is 0 Å². The van der Waals surface area contributed by atoms with E-state index in [0.717, 1.165) is 11.3 Å². The fourth-order valence-corrected chi connectivity index (χ4v) is 3.03. The highest BCUT2D eigenvalue weighted by Crippen LogP contribution is 2.31. The van der Waals surface area contributed by atoms with E-state index >= 15 is 0 Å². The first-order valence-corrected chi connectivity index (χ1v) is 8.00. The van der Waals surface area contributed by atoms with Crippen LogP contribution in [0.15, 0.2) is 51.9 Å². The lowest BCUT2D eigenvalue weighted by molar-refractivity contribution is -0.117. The fourth-order valence-electron chi connectivity index (χ4n) is 3.03. The molecule has 1 atom stereocenters. The number of carbonyl (C=O) groups excluding carboxylic acids is 1. The number of hydrogen-bond acceptors (Lipinski definition) is 5. The molecule has 0 spiro atoms. The van der Waals surface area contributed by atoms with Crippen molar-refractivity contribution in [2.24, 2.45) is 0 Å². The van der Waals surface area contributed by atoms with Crippen molar-refractivity contribution in [3.05, 3.63) is 64.3 Å². The van der Waals surface area contributed by atoms with Crippen molar-refractivity contribution in [1.82, 2.24) is 15.1 Å². The summed E-state index contributed by atoms with van der Waals surface area (Å²) in [4.78, 5) is 32.8. The van der Waals surface area contributed by atoms with Crippen molar-refractivity contribution in [3.63, 3.8) is 0 Å². The molecule has 0 aliphatic carbocycles. The quantitative estimate of drug-likeness (QED) is 0.792. The van der Waals surface area contributed by atoms with Gasteiger partial charge in [-0.3, -0.25) is 9.59 Å². The highest BCUT2D eigenvalue weighted by molar-refractivity contribution is 5.96. The lowest BCUT2D eigenvalue weighted by Gasteiger charge is -2.16. The van der Waals surface area contributed by atoms with Gasteiger partial charge in [-0.1, -0.05) is 17.3 Å². The zero-order chi connectivity index (χ0) is 17.4. The Balaban J connectivity index is 1.59. The number of amides is 1. The predicted octanol–water partition coefficient (Wildman–Crippen LogP) is 2.25. The number of anilines is 1. The van der Waals surface area contributed by atoms with E-state index in [4.69, 9.17) is 4.52 Å². The minimum Gasteiger partial charge on any atom is -0.334 e. The van der Waals surface area contributed by atoms with Gasteiger partial charge in [-0.15, -0.1) is 0 Å². The first kappa shape index (κ1) is 15.3. The standard InChI is InChI=1S/C18H16N4O3/c1-11-4-2-5-13(8-11)22-10-12(9-15(22)23)16-20-18(25-21-16)14-6-3-7-19-17(14)24/h2-8,12H,9-10H2,1H3,(H,19,24). The fraction of sp³-hybridized carbons (Fsp3) is 0.222. The summed E-state index contributed by atoms with van der Waals surface area (Å²) in [6, 6.07) is 11.1. The molecule has 0 saturated carbocycles. The van der Waals surface area contributed by atoms with E-state index < -0.39 is 0 Å². The largest absolute Gasteiger partial charge is 0.334 e. The van der Waals surface area contributed by atoms with E-state index in [1.165, 1.54) is 0 Å². The van der Waals surface area contributed by atoms with Crippen LogP contribution in [-0.4, -0.2) is 27.6 Å². The van der Waals surface area contributed by atoms with E-state index in [1.807, 2.05) is 31.2 Å². The Bertz CT molecular complexity index is 991. The molecule has 7 heteroatoms. The van der Waals surface area contributed by atoms with Gasteiger partial charge < -0.3 is 14.4 Å². The van der Waals surface area contributed by atoms with E-state index in [1.54, 1.807) is 23.2 Å². The molecule has 0 bridgehead atoms. The third-order valence-electron chi connectivity index (χ3n) is 4.29. The van der Waals surface area contributed by atoms with Gasteiger partial charge in [-0.05, 0) is 36.8 Å². The molecule has 1 amide bonds. The highest BCUT2D eigenvalue weighted by Gasteiger charge is 2.34. The molecule has 1 aliphatic rings. The Morgan fingerprint density at radius 1 is 1.24 bits per heavy atom. The summed E-state index contributed by atoms with van der Waals surface area (Å²) in [6.45, 7) is 2.48. The minimum absolute atomic E-state index is 0.0273. The van der Waals surface area contributed by atoms with Crippen LogP contribution in [0, 0.1) is 6.92 Å². The van der Waals surface area contributed by atoms with E-state index in [-0.39, 0.29) is 23.3 Å². The van der Waals surface area contributed by atoms with Crippen molar-refractivity contribution >= 4 is 11.6 Å². The van der Waals surface area contributed by atoms with Gasteiger partial charge in [0.2, 0.25) is 5.91 Å². The molecule has 4 rings (SSSR count). The molecule has 3 heterocycles. The van der Waals surface area contributed by atoms with Crippen LogP contribution in [-0.2, 0) is 4.79 Å². The van der Waals surface area contributed by atoms with E-state index in [0.29, 0.717) is 24.4 Å². The number of carbonyl (C=O) groups is 1. The molecule has 1 fully saturated rings. The molecule has 1 saturated heterocycles. The van der Waals surface area contributed by atoms with Gasteiger partial charge in [0.05, 0.1) is 0 Å². The molecule has 7 nitrogen and oxygen atoms in total. The number of nitrogens with one attached hydrogen (secondary N) is 1. The Labute approximate surface area is 143 Å². The van der Waals surface area contributed by atoms with Crippen molar-refractivity contribution in [2.45, 2.75) is 19.3 Å². The van der Waals surface area contributed by atoms with Gasteiger partial charge in [0.25, 0.3) is 11.4 Å². The summed E-state index contributed by atoms with van der Waals surface area (Å²) < 4.78 is 5.23. The van der Waals surface area contributed by atoms with Gasteiger partial charge in [0.1, 0.15) is 5.56 Å². The number of H-pyrrole nitrogens is 1. The third-order valence-corrected chi connectivity index (χ3v) is 4.29. The maximum atomic E-state index is 12.4. The van der Waals surface area contributed by atoms with Crippen LogP contribution in [0.4, 0.5) is 5.69 Å². The van der Waals surface area contributed by atoms with E-state index in [2.05, 4.69) is 15.1 Å². The smallest absolute Gasteiger partial charge is 0.263 e. The van der Waals surface area contributed by atoms with Gasteiger partial charge in [0, 0.05) is 30.8 Å². The van der Waals surface area contributed by atoms with Crippen molar-refractivity contribution in [3.8, 4) is 11.5 Å². The second kappa shape index (κ2) is 6.01. The molecular weight excluding hydrogens is 320 g/mol. The van der Waals surface area contributed by atoms with Crippen molar-refractivity contribution in [1.29, 1.82) is 0 Å². The Kier molecular flexibility index (Phi) is 3.68. The first-order chi connectivity index (χ1) is 12.1. The number of benzene rings is 1. The molecule has 1 N–H and O–H groups in total. The number of hydrogen-bond donors (Lipinski definition) is 1. The Morgan fingerprint density at radius 3 is 2.92 bits per heavy atom. The average Bonchev–Trinajstić information content (AvgIpc) is 3.22. The second-order valence-corrected chi connectivity index (χ2v) is 6.12. The number of aromatic nitrogens is 3. The minimum atomic E-state index is -0.290. The summed E-state index contributed by atoms with van der Waals surface area (Å²) in [5.41, 5.74) is 2.00. The molecule has 25 heavy (non-hydrogen) atoms. The Morgan fingerprint density at radius 2 is 2.12 bits per heavy atom. The summed E-state index contributed by atoms with van der Waals surface area (Å²) in [6.07, 6.45) is 1.86. The lowest BCUT2D eigenvalue weighted by Crippen LogP contribution is -2.24. The summed E-state index contributed by atoms with van der Waals surface area (Å²) in [7, 11) is 0. The maximum absolute atomic E-state index is 12.4. The number of nitrogens with zero attached hydrogens (tertiary/aromatic N) is 3. The second-order valence-electron chi connectivity index (χ2n) is 6.12. The monoisotopic (exact) mass is 336 g/mol. The normalized spacial score (nSPS) is 17.2. The van der Waals surface area contributed by atoms with Gasteiger partial charge in [-0.2, -0.15) is 4.98 Å². The molecule has 1 aromatic carbocycles. The highest BCUT2D eigenvalue weighted by atomic mass is 16.5. The van der Waals surface area contributed by atoms with Crippen LogP contribution in [0.3, 0.4) is 0 Å². The topological polar surface area (TPSA) is 92.1 Å². The molecule has 0 radical (unpaired) electrons. The van der Waals surface area contributed by atoms with Crippen LogP contribution in [0.25, 0.3) is 11.5 Å². The van der Waals surface area contributed by atoms with Gasteiger partial charge in [0.15, 0.2) is 5.82 Å². The predicted molar refractivity (Wildman–Crippen MR) is 91.2 cm³/mol. The molecule has 126 valence electrons. The first-order valence-electron chi connectivity index (χ1n) is 8.00. The SMILES string of the molecule is Cc1cccc(N2CC(c3noc(-c4ccc[nH]c4=O)n3)CC2=O)c1. The summed E-state index contributed by atoms with van der Waals surface area (Å²) in [5.74, 6) is 0.480. The molecule has 1 unspecified atom stereocenters. The maximum Gasteiger partial charge on any atom is 0.263 e. The van der Waals surface area contributed by atoms with E-state index in [9.17, 15) is 9.59 Å². The molecule has 1 aliphatic heterocycles.